The van der Waals surface area contributed by atoms with Gasteiger partial charge in [0, 0.05) is 11.1 Å². The first-order chi connectivity index (χ1) is 18.5. The van der Waals surface area contributed by atoms with Crippen molar-refractivity contribution >= 4 is 49.6 Å². The fraction of sp³-hybridized carbons (Fsp3) is 0.138. The number of carbonyl (C=O) groups excluding carboxylic acids is 1. The van der Waals surface area contributed by atoms with Gasteiger partial charge in [-0.25, -0.2) is 4.98 Å². The van der Waals surface area contributed by atoms with E-state index in [0.717, 1.165) is 21.0 Å². The molecule has 1 amide bonds. The number of ether oxygens (including phenoxy) is 4. The van der Waals surface area contributed by atoms with Gasteiger partial charge < -0.3 is 18.9 Å². The van der Waals surface area contributed by atoms with E-state index in [4.69, 9.17) is 18.9 Å². The van der Waals surface area contributed by atoms with Crippen LogP contribution in [0.15, 0.2) is 77.9 Å². The fourth-order valence-corrected chi connectivity index (χ4v) is 4.99. The van der Waals surface area contributed by atoms with Gasteiger partial charge in [-0.15, -0.1) is 0 Å². The molecule has 8 nitrogen and oxygen atoms in total. The van der Waals surface area contributed by atoms with E-state index in [1.165, 1.54) is 16.3 Å². The summed E-state index contributed by atoms with van der Waals surface area (Å²) in [6.45, 7) is 0. The molecule has 0 atom stereocenters. The van der Waals surface area contributed by atoms with Crippen molar-refractivity contribution in [1.82, 2.24) is 4.98 Å². The molecule has 0 unspecified atom stereocenters. The van der Waals surface area contributed by atoms with Gasteiger partial charge >= 0.3 is 0 Å². The number of rotatable bonds is 8. The number of hydrazone groups is 1. The van der Waals surface area contributed by atoms with Crippen LogP contribution >= 0.6 is 11.3 Å². The SMILES string of the molecule is COc1ccc2nc(N(/N=C/c3cc(OC)c(OC)c(OC)c3)C(=O)c3ccc4ccccc4c3)sc2c1. The number of nitrogens with zero attached hydrogens (tertiary/aromatic N) is 3. The molecular weight excluding hydrogens is 502 g/mol. The minimum absolute atomic E-state index is 0.314. The molecule has 38 heavy (non-hydrogen) atoms. The Morgan fingerprint density at radius 2 is 1.58 bits per heavy atom. The van der Waals surface area contributed by atoms with E-state index in [9.17, 15) is 4.79 Å². The highest BCUT2D eigenvalue weighted by molar-refractivity contribution is 7.22. The van der Waals surface area contributed by atoms with Gasteiger partial charge in [-0.3, -0.25) is 4.79 Å². The number of anilines is 1. The molecule has 9 heteroatoms. The maximum Gasteiger partial charge on any atom is 0.280 e. The van der Waals surface area contributed by atoms with Crippen molar-refractivity contribution in [2.45, 2.75) is 0 Å². The van der Waals surface area contributed by atoms with Crippen molar-refractivity contribution in [1.29, 1.82) is 0 Å². The summed E-state index contributed by atoms with van der Waals surface area (Å²) in [4.78, 5) is 18.5. The largest absolute Gasteiger partial charge is 0.497 e. The number of methoxy groups -OCH3 is 4. The molecule has 1 heterocycles. The van der Waals surface area contributed by atoms with Crippen LogP contribution in [-0.4, -0.2) is 45.5 Å². The summed E-state index contributed by atoms with van der Waals surface area (Å²) >= 11 is 1.35. The van der Waals surface area contributed by atoms with Crippen LogP contribution in [0, 0.1) is 0 Å². The summed E-state index contributed by atoms with van der Waals surface area (Å²) < 4.78 is 22.6. The van der Waals surface area contributed by atoms with Crippen LogP contribution in [0.2, 0.25) is 0 Å². The smallest absolute Gasteiger partial charge is 0.280 e. The van der Waals surface area contributed by atoms with Crippen molar-refractivity contribution in [3.05, 3.63) is 83.9 Å². The molecule has 0 bridgehead atoms. The second-order valence-corrected chi connectivity index (χ2v) is 9.22. The zero-order chi connectivity index (χ0) is 26.6. The van der Waals surface area contributed by atoms with Crippen molar-refractivity contribution in [3.8, 4) is 23.0 Å². The first-order valence-corrected chi connectivity index (χ1v) is 12.5. The molecule has 0 aliphatic carbocycles. The average molecular weight is 528 g/mol. The third-order valence-electron chi connectivity index (χ3n) is 5.96. The average Bonchev–Trinajstić information content (AvgIpc) is 3.39. The van der Waals surface area contributed by atoms with Crippen LogP contribution in [0.3, 0.4) is 0 Å². The normalized spacial score (nSPS) is 11.2. The summed E-state index contributed by atoms with van der Waals surface area (Å²) in [5.74, 6) is 1.82. The van der Waals surface area contributed by atoms with E-state index < -0.39 is 0 Å². The number of amides is 1. The third kappa shape index (κ3) is 4.83. The fourth-order valence-electron chi connectivity index (χ4n) is 4.04. The first kappa shape index (κ1) is 25.0. The number of hydrogen-bond donors (Lipinski definition) is 0. The minimum atomic E-state index is -0.314. The molecule has 0 aliphatic rings. The maximum absolute atomic E-state index is 13.8. The van der Waals surface area contributed by atoms with Crippen LogP contribution < -0.4 is 24.0 Å². The summed E-state index contributed by atoms with van der Waals surface area (Å²) in [7, 11) is 6.24. The van der Waals surface area contributed by atoms with Gasteiger partial charge in [0.2, 0.25) is 10.9 Å². The number of fused-ring (bicyclic) bond motifs is 2. The van der Waals surface area contributed by atoms with E-state index in [0.29, 0.717) is 39.3 Å². The van der Waals surface area contributed by atoms with E-state index in [1.54, 1.807) is 52.9 Å². The lowest BCUT2D eigenvalue weighted by Crippen LogP contribution is -2.25. The zero-order valence-electron chi connectivity index (χ0n) is 21.3. The Morgan fingerprint density at radius 3 is 2.26 bits per heavy atom. The number of carbonyl (C=O) groups is 1. The zero-order valence-corrected chi connectivity index (χ0v) is 22.1. The quantitative estimate of drug-likeness (QED) is 0.177. The maximum atomic E-state index is 13.8. The van der Waals surface area contributed by atoms with E-state index >= 15 is 0 Å². The van der Waals surface area contributed by atoms with Gasteiger partial charge in [0.05, 0.1) is 44.9 Å². The number of hydrogen-bond acceptors (Lipinski definition) is 8. The van der Waals surface area contributed by atoms with Gasteiger partial charge in [0.1, 0.15) is 5.75 Å². The predicted octanol–water partition coefficient (Wildman–Crippen LogP) is 6.16. The molecule has 0 saturated carbocycles. The van der Waals surface area contributed by atoms with Crippen molar-refractivity contribution in [2.24, 2.45) is 5.10 Å². The molecule has 0 spiro atoms. The Labute approximate surface area is 223 Å². The molecule has 4 aromatic carbocycles. The molecule has 0 N–H and O–H groups in total. The van der Waals surface area contributed by atoms with E-state index in [-0.39, 0.29) is 5.91 Å². The van der Waals surface area contributed by atoms with Crippen LogP contribution in [0.1, 0.15) is 15.9 Å². The Kier molecular flexibility index (Phi) is 7.10. The number of aromatic nitrogens is 1. The summed E-state index contributed by atoms with van der Waals surface area (Å²) in [5.41, 5.74) is 1.88. The van der Waals surface area contributed by atoms with E-state index in [2.05, 4.69) is 10.1 Å². The summed E-state index contributed by atoms with van der Waals surface area (Å²) in [6, 6.07) is 22.6. The summed E-state index contributed by atoms with van der Waals surface area (Å²) in [5, 5.41) is 8.33. The topological polar surface area (TPSA) is 82.5 Å². The van der Waals surface area contributed by atoms with E-state index in [1.807, 2.05) is 54.6 Å². The molecule has 0 fully saturated rings. The number of benzene rings is 4. The van der Waals surface area contributed by atoms with Crippen molar-refractivity contribution in [3.63, 3.8) is 0 Å². The molecule has 0 saturated heterocycles. The lowest BCUT2D eigenvalue weighted by Gasteiger charge is -2.15. The minimum Gasteiger partial charge on any atom is -0.497 e. The predicted molar refractivity (Wildman–Crippen MR) is 151 cm³/mol. The van der Waals surface area contributed by atoms with Gasteiger partial charge in [-0.2, -0.15) is 10.1 Å². The highest BCUT2D eigenvalue weighted by Gasteiger charge is 2.22. The molecule has 0 radical (unpaired) electrons. The Morgan fingerprint density at radius 1 is 0.842 bits per heavy atom. The number of thiazole rings is 1. The Balaban J connectivity index is 1.60. The van der Waals surface area contributed by atoms with Crippen LogP contribution in [0.25, 0.3) is 21.0 Å². The van der Waals surface area contributed by atoms with Crippen molar-refractivity contribution < 1.29 is 23.7 Å². The van der Waals surface area contributed by atoms with Gasteiger partial charge in [0.15, 0.2) is 11.5 Å². The highest BCUT2D eigenvalue weighted by atomic mass is 32.1. The highest BCUT2D eigenvalue weighted by Crippen LogP contribution is 2.38. The lowest BCUT2D eigenvalue weighted by atomic mass is 10.1. The molecular formula is C29H25N3O5S. The Hall–Kier alpha value is -4.63. The van der Waals surface area contributed by atoms with Crippen LogP contribution in [-0.2, 0) is 0 Å². The van der Waals surface area contributed by atoms with Crippen LogP contribution in [0.5, 0.6) is 23.0 Å². The standard InChI is InChI=1S/C29H25N3O5S/c1-34-22-11-12-23-26(16-22)38-29(31-23)32(28(33)21-10-9-19-7-5-6-8-20(19)15-21)30-17-18-13-24(35-2)27(37-4)25(14-18)36-3/h5-17H,1-4H3/b30-17+. The third-order valence-corrected chi connectivity index (χ3v) is 6.96. The summed E-state index contributed by atoms with van der Waals surface area (Å²) in [6.07, 6.45) is 1.57. The second kappa shape index (κ2) is 10.8. The molecule has 5 aromatic rings. The lowest BCUT2D eigenvalue weighted by molar-refractivity contribution is 0.0988. The molecule has 1 aromatic heterocycles. The van der Waals surface area contributed by atoms with Gasteiger partial charge in [0.25, 0.3) is 5.91 Å². The van der Waals surface area contributed by atoms with Crippen molar-refractivity contribution in [2.75, 3.05) is 33.4 Å². The first-order valence-electron chi connectivity index (χ1n) is 11.7. The molecule has 0 aliphatic heterocycles. The molecule has 5 rings (SSSR count). The molecule has 192 valence electrons. The monoisotopic (exact) mass is 527 g/mol. The van der Waals surface area contributed by atoms with Gasteiger partial charge in [-0.1, -0.05) is 41.7 Å². The van der Waals surface area contributed by atoms with Crippen LogP contribution in [0.4, 0.5) is 5.13 Å². The second-order valence-electron chi connectivity index (χ2n) is 8.21. The van der Waals surface area contributed by atoms with Gasteiger partial charge in [-0.05, 0) is 53.2 Å². The Bertz CT molecular complexity index is 1640.